The Morgan fingerprint density at radius 2 is 2.00 bits per heavy atom. The van der Waals surface area contributed by atoms with E-state index in [2.05, 4.69) is 10.5 Å². The quantitative estimate of drug-likeness (QED) is 0.800. The molecule has 1 amide bonds. The normalized spacial score (nSPS) is 10.6. The van der Waals surface area contributed by atoms with Crippen molar-refractivity contribution in [2.24, 2.45) is 0 Å². The van der Waals surface area contributed by atoms with Crippen LogP contribution in [-0.2, 0) is 0 Å². The molecule has 106 valence electrons. The number of carbonyl (C=O) groups excluding carboxylic acids is 1. The van der Waals surface area contributed by atoms with Crippen molar-refractivity contribution >= 4 is 5.91 Å². The minimum atomic E-state index is -0.141. The van der Waals surface area contributed by atoms with E-state index in [-0.39, 0.29) is 5.91 Å². The van der Waals surface area contributed by atoms with E-state index in [1.54, 1.807) is 31.3 Å². The van der Waals surface area contributed by atoms with Crippen LogP contribution in [0.1, 0.15) is 16.1 Å². The van der Waals surface area contributed by atoms with Gasteiger partial charge in [-0.2, -0.15) is 0 Å². The van der Waals surface area contributed by atoms with E-state index in [1.807, 2.05) is 25.1 Å². The van der Waals surface area contributed by atoms with Gasteiger partial charge in [-0.15, -0.1) is 0 Å². The number of nitrogens with zero attached hydrogens (tertiary/aromatic N) is 1. The summed E-state index contributed by atoms with van der Waals surface area (Å²) >= 11 is 0. The molecule has 3 rings (SSSR count). The predicted molar refractivity (Wildman–Crippen MR) is 77.8 cm³/mol. The van der Waals surface area contributed by atoms with E-state index in [0.29, 0.717) is 22.8 Å². The van der Waals surface area contributed by atoms with Crippen LogP contribution in [0.25, 0.3) is 22.8 Å². The molecule has 1 aromatic carbocycles. The molecule has 5 heteroatoms. The molecule has 1 N–H and O–H groups in total. The van der Waals surface area contributed by atoms with Crippen LogP contribution in [0, 0.1) is 6.92 Å². The first-order chi connectivity index (χ1) is 10.2. The van der Waals surface area contributed by atoms with E-state index in [1.165, 1.54) is 0 Å². The maximum absolute atomic E-state index is 11.7. The zero-order chi connectivity index (χ0) is 14.8. The van der Waals surface area contributed by atoms with Gasteiger partial charge in [0.1, 0.15) is 11.5 Å². The molecule has 0 bridgehead atoms. The topological polar surface area (TPSA) is 68.3 Å². The first-order valence-electron chi connectivity index (χ1n) is 6.53. The van der Waals surface area contributed by atoms with Gasteiger partial charge in [-0.25, -0.2) is 0 Å². The summed E-state index contributed by atoms with van der Waals surface area (Å²) in [6.45, 7) is 1.87. The average Bonchev–Trinajstić information content (AvgIpc) is 3.15. The van der Waals surface area contributed by atoms with Crippen molar-refractivity contribution in [2.75, 3.05) is 7.05 Å². The number of hydrogen-bond acceptors (Lipinski definition) is 4. The van der Waals surface area contributed by atoms with Gasteiger partial charge in [0, 0.05) is 24.2 Å². The van der Waals surface area contributed by atoms with Gasteiger partial charge in [-0.3, -0.25) is 4.79 Å². The van der Waals surface area contributed by atoms with Gasteiger partial charge in [-0.05, 0) is 31.2 Å². The highest BCUT2D eigenvalue weighted by Gasteiger charge is 2.12. The molecule has 0 saturated carbocycles. The molecule has 0 spiro atoms. The predicted octanol–water partition coefficient (Wildman–Crippen LogP) is 3.27. The zero-order valence-corrected chi connectivity index (χ0v) is 11.7. The van der Waals surface area contributed by atoms with Gasteiger partial charge in [-0.1, -0.05) is 17.3 Å². The van der Waals surface area contributed by atoms with Crippen LogP contribution in [-0.4, -0.2) is 18.1 Å². The smallest absolute Gasteiger partial charge is 0.251 e. The fourth-order valence-electron chi connectivity index (χ4n) is 2.06. The van der Waals surface area contributed by atoms with Crippen molar-refractivity contribution in [1.29, 1.82) is 0 Å². The number of benzene rings is 1. The van der Waals surface area contributed by atoms with Crippen molar-refractivity contribution in [3.8, 4) is 22.8 Å². The Balaban J connectivity index is 1.95. The van der Waals surface area contributed by atoms with E-state index in [9.17, 15) is 4.79 Å². The third-order valence-corrected chi connectivity index (χ3v) is 3.14. The van der Waals surface area contributed by atoms with Crippen molar-refractivity contribution < 1.29 is 13.7 Å². The van der Waals surface area contributed by atoms with E-state index < -0.39 is 0 Å². The van der Waals surface area contributed by atoms with E-state index in [4.69, 9.17) is 8.94 Å². The molecule has 0 aliphatic heterocycles. The molecule has 0 atom stereocenters. The van der Waals surface area contributed by atoms with Gasteiger partial charge in [0.2, 0.25) is 0 Å². The number of nitrogens with one attached hydrogen (secondary N) is 1. The summed E-state index contributed by atoms with van der Waals surface area (Å²) in [4.78, 5) is 11.7. The third kappa shape index (κ3) is 2.58. The first-order valence-corrected chi connectivity index (χ1v) is 6.53. The van der Waals surface area contributed by atoms with Gasteiger partial charge in [0.05, 0.1) is 0 Å². The lowest BCUT2D eigenvalue weighted by atomic mass is 10.1. The largest absolute Gasteiger partial charge is 0.460 e. The Morgan fingerprint density at radius 3 is 2.71 bits per heavy atom. The number of aryl methyl sites for hydroxylation is 1. The molecular formula is C16H14N2O3. The highest BCUT2D eigenvalue weighted by Crippen LogP contribution is 2.27. The Morgan fingerprint density at radius 1 is 1.14 bits per heavy atom. The van der Waals surface area contributed by atoms with Crippen LogP contribution in [0.15, 0.2) is 51.4 Å². The molecule has 0 fully saturated rings. The number of hydrogen-bond donors (Lipinski definition) is 1. The monoisotopic (exact) mass is 282 g/mol. The van der Waals surface area contributed by atoms with Crippen LogP contribution < -0.4 is 5.32 Å². The number of amides is 1. The number of carbonyl (C=O) groups is 1. The lowest BCUT2D eigenvalue weighted by Gasteiger charge is -2.01. The van der Waals surface area contributed by atoms with E-state index >= 15 is 0 Å². The summed E-state index contributed by atoms with van der Waals surface area (Å²) in [5.41, 5.74) is 1.99. The van der Waals surface area contributed by atoms with Crippen LogP contribution in [0.3, 0.4) is 0 Å². The van der Waals surface area contributed by atoms with Gasteiger partial charge in [0.25, 0.3) is 5.91 Å². The summed E-state index contributed by atoms with van der Waals surface area (Å²) in [5, 5.41) is 6.60. The SMILES string of the molecule is CNC(=O)c1cccc(-c2cc(-c3ccc(C)o3)no2)c1. The summed E-state index contributed by atoms with van der Waals surface area (Å²) in [7, 11) is 1.60. The zero-order valence-electron chi connectivity index (χ0n) is 11.7. The van der Waals surface area contributed by atoms with Gasteiger partial charge >= 0.3 is 0 Å². The standard InChI is InChI=1S/C16H14N2O3/c1-10-6-7-14(20-10)13-9-15(21-18-13)11-4-3-5-12(8-11)16(19)17-2/h3-9H,1-2H3,(H,17,19). The highest BCUT2D eigenvalue weighted by molar-refractivity contribution is 5.95. The number of rotatable bonds is 3. The Kier molecular flexibility index (Phi) is 3.31. The fraction of sp³-hybridized carbons (Fsp3) is 0.125. The molecule has 0 aliphatic rings. The van der Waals surface area contributed by atoms with Crippen molar-refractivity contribution in [3.63, 3.8) is 0 Å². The van der Waals surface area contributed by atoms with Crippen molar-refractivity contribution in [2.45, 2.75) is 6.92 Å². The molecule has 21 heavy (non-hydrogen) atoms. The summed E-state index contributed by atoms with van der Waals surface area (Å²) < 4.78 is 10.9. The minimum absolute atomic E-state index is 0.141. The molecular weight excluding hydrogens is 268 g/mol. The maximum atomic E-state index is 11.7. The van der Waals surface area contributed by atoms with Gasteiger partial charge < -0.3 is 14.3 Å². The molecule has 0 aliphatic carbocycles. The summed E-state index contributed by atoms with van der Waals surface area (Å²) in [6.07, 6.45) is 0. The average molecular weight is 282 g/mol. The van der Waals surface area contributed by atoms with Crippen LogP contribution in [0.5, 0.6) is 0 Å². The number of furan rings is 1. The number of aromatic nitrogens is 1. The van der Waals surface area contributed by atoms with E-state index in [0.717, 1.165) is 11.3 Å². The van der Waals surface area contributed by atoms with Gasteiger partial charge in [0.15, 0.2) is 11.5 Å². The lowest BCUT2D eigenvalue weighted by Crippen LogP contribution is -2.17. The molecule has 3 aromatic rings. The molecule has 2 heterocycles. The first kappa shape index (κ1) is 13.2. The van der Waals surface area contributed by atoms with Crippen LogP contribution in [0.4, 0.5) is 0 Å². The molecule has 2 aromatic heterocycles. The molecule has 0 radical (unpaired) electrons. The molecule has 0 unspecified atom stereocenters. The second-order valence-electron chi connectivity index (χ2n) is 4.65. The van der Waals surface area contributed by atoms with Crippen molar-refractivity contribution in [1.82, 2.24) is 10.5 Å². The molecule has 5 nitrogen and oxygen atoms in total. The minimum Gasteiger partial charge on any atom is -0.460 e. The Bertz CT molecular complexity index is 786. The Labute approximate surface area is 121 Å². The van der Waals surface area contributed by atoms with Crippen LogP contribution in [0.2, 0.25) is 0 Å². The molecule has 0 saturated heterocycles. The maximum Gasteiger partial charge on any atom is 0.251 e. The highest BCUT2D eigenvalue weighted by atomic mass is 16.5. The summed E-state index contributed by atoms with van der Waals surface area (Å²) in [6, 6.07) is 12.7. The Hall–Kier alpha value is -2.82. The second kappa shape index (κ2) is 5.28. The van der Waals surface area contributed by atoms with Crippen molar-refractivity contribution in [3.05, 3.63) is 53.8 Å². The second-order valence-corrected chi connectivity index (χ2v) is 4.65. The summed E-state index contributed by atoms with van der Waals surface area (Å²) in [5.74, 6) is 1.92. The fourth-order valence-corrected chi connectivity index (χ4v) is 2.06. The third-order valence-electron chi connectivity index (χ3n) is 3.14. The lowest BCUT2D eigenvalue weighted by molar-refractivity contribution is 0.0963. The van der Waals surface area contributed by atoms with Crippen LogP contribution >= 0.6 is 0 Å².